The Hall–Kier alpha value is -1.67. The molecule has 0 spiro atoms. The maximum Gasteiger partial charge on any atom is 0.0300 e. The maximum atomic E-state index is 4.14. The van der Waals surface area contributed by atoms with Gasteiger partial charge in [-0.05, 0) is 74.1 Å². The fourth-order valence-electron chi connectivity index (χ4n) is 2.52. The van der Waals surface area contributed by atoms with Gasteiger partial charge >= 0.3 is 0 Å². The zero-order valence-electron chi connectivity index (χ0n) is 13.1. The zero-order valence-corrected chi connectivity index (χ0v) is 13.1. The second-order valence-corrected chi connectivity index (χ2v) is 5.70. The van der Waals surface area contributed by atoms with Crippen molar-refractivity contribution in [3.05, 3.63) is 64.0 Å². The average molecular weight is 268 g/mol. The fourth-order valence-corrected chi connectivity index (χ4v) is 2.52. The van der Waals surface area contributed by atoms with Gasteiger partial charge in [0.25, 0.3) is 0 Å². The number of nitrogens with one attached hydrogen (secondary N) is 1. The second kappa shape index (κ2) is 6.19. The molecule has 2 rings (SSSR count). The lowest BCUT2D eigenvalue weighted by atomic mass is 9.96. The van der Waals surface area contributed by atoms with Crippen LogP contribution >= 0.6 is 0 Å². The number of nitrogens with zero attached hydrogens (tertiary/aromatic N) is 1. The number of benzene rings is 1. The third-order valence-electron chi connectivity index (χ3n) is 4.08. The normalized spacial score (nSPS) is 12.4. The Morgan fingerprint density at radius 1 is 1.00 bits per heavy atom. The van der Waals surface area contributed by atoms with Crippen molar-refractivity contribution in [1.82, 2.24) is 10.3 Å². The molecule has 0 aliphatic heterocycles. The van der Waals surface area contributed by atoms with Crippen molar-refractivity contribution in [2.45, 2.75) is 47.2 Å². The van der Waals surface area contributed by atoms with Crippen LogP contribution in [-0.2, 0) is 6.54 Å². The summed E-state index contributed by atoms with van der Waals surface area (Å²) in [5, 5.41) is 3.62. The molecule has 1 atom stereocenters. The van der Waals surface area contributed by atoms with E-state index in [0.717, 1.165) is 6.54 Å². The minimum atomic E-state index is 0.349. The lowest BCUT2D eigenvalue weighted by Gasteiger charge is -2.19. The topological polar surface area (TPSA) is 24.9 Å². The summed E-state index contributed by atoms with van der Waals surface area (Å²) >= 11 is 0. The smallest absolute Gasteiger partial charge is 0.0300 e. The van der Waals surface area contributed by atoms with Gasteiger partial charge in [-0.25, -0.2) is 0 Å². The lowest BCUT2D eigenvalue weighted by Crippen LogP contribution is -2.19. The minimum Gasteiger partial charge on any atom is -0.306 e. The molecule has 2 heteroatoms. The monoisotopic (exact) mass is 268 g/mol. The number of pyridine rings is 1. The number of hydrogen-bond donors (Lipinski definition) is 1. The Bertz CT molecular complexity index is 602. The van der Waals surface area contributed by atoms with Gasteiger partial charge in [0.2, 0.25) is 0 Å². The quantitative estimate of drug-likeness (QED) is 0.900. The molecule has 0 aliphatic rings. The van der Waals surface area contributed by atoms with E-state index in [1.165, 1.54) is 33.4 Å². The number of rotatable bonds is 4. The van der Waals surface area contributed by atoms with Crippen LogP contribution < -0.4 is 5.32 Å². The molecule has 1 aromatic carbocycles. The van der Waals surface area contributed by atoms with Crippen LogP contribution in [0.1, 0.15) is 46.3 Å². The number of hydrogen-bond acceptors (Lipinski definition) is 2. The highest BCUT2D eigenvalue weighted by Gasteiger charge is 2.10. The number of aryl methyl sites for hydroxylation is 4. The van der Waals surface area contributed by atoms with Crippen LogP contribution in [0.4, 0.5) is 0 Å². The first kappa shape index (κ1) is 14.7. The molecule has 0 aliphatic carbocycles. The van der Waals surface area contributed by atoms with Crippen LogP contribution in [0.3, 0.4) is 0 Å². The van der Waals surface area contributed by atoms with Gasteiger partial charge in [0.15, 0.2) is 0 Å². The highest BCUT2D eigenvalue weighted by molar-refractivity contribution is 5.38. The van der Waals surface area contributed by atoms with E-state index in [0.29, 0.717) is 6.04 Å². The molecule has 1 aromatic heterocycles. The summed E-state index contributed by atoms with van der Waals surface area (Å²) < 4.78 is 0. The maximum absolute atomic E-state index is 4.14. The third-order valence-corrected chi connectivity index (χ3v) is 4.08. The van der Waals surface area contributed by atoms with Gasteiger partial charge < -0.3 is 5.32 Å². The fraction of sp³-hybridized carbons (Fsp3) is 0.389. The van der Waals surface area contributed by atoms with Gasteiger partial charge in [-0.1, -0.05) is 12.1 Å². The van der Waals surface area contributed by atoms with E-state index in [9.17, 15) is 0 Å². The Kier molecular flexibility index (Phi) is 4.56. The van der Waals surface area contributed by atoms with Crippen molar-refractivity contribution < 1.29 is 0 Å². The van der Waals surface area contributed by atoms with E-state index >= 15 is 0 Å². The van der Waals surface area contributed by atoms with Gasteiger partial charge in [-0.15, -0.1) is 0 Å². The summed E-state index contributed by atoms with van der Waals surface area (Å²) in [5.41, 5.74) is 8.03. The lowest BCUT2D eigenvalue weighted by molar-refractivity contribution is 0.570. The van der Waals surface area contributed by atoms with E-state index in [4.69, 9.17) is 0 Å². The first-order chi connectivity index (χ1) is 9.49. The van der Waals surface area contributed by atoms with Crippen LogP contribution in [-0.4, -0.2) is 4.98 Å². The summed E-state index contributed by atoms with van der Waals surface area (Å²) in [6, 6.07) is 7.02. The molecule has 1 N–H and O–H groups in total. The first-order valence-corrected chi connectivity index (χ1v) is 7.19. The Morgan fingerprint density at radius 3 is 2.40 bits per heavy atom. The highest BCUT2D eigenvalue weighted by Crippen LogP contribution is 2.22. The van der Waals surface area contributed by atoms with Gasteiger partial charge in [0, 0.05) is 25.0 Å². The Morgan fingerprint density at radius 2 is 1.70 bits per heavy atom. The zero-order chi connectivity index (χ0) is 14.7. The largest absolute Gasteiger partial charge is 0.306 e. The summed E-state index contributed by atoms with van der Waals surface area (Å²) in [6.07, 6.45) is 3.78. The molecule has 0 saturated carbocycles. The first-order valence-electron chi connectivity index (χ1n) is 7.19. The molecule has 0 amide bonds. The molecule has 2 aromatic rings. The molecule has 0 saturated heterocycles. The van der Waals surface area contributed by atoms with Crippen molar-refractivity contribution in [2.75, 3.05) is 0 Å². The summed E-state index contributed by atoms with van der Waals surface area (Å²) in [5.74, 6) is 0. The molecular formula is C18H24N2. The van der Waals surface area contributed by atoms with E-state index in [2.05, 4.69) is 63.1 Å². The Balaban J connectivity index is 2.11. The van der Waals surface area contributed by atoms with E-state index in [1.54, 1.807) is 0 Å². The molecule has 20 heavy (non-hydrogen) atoms. The van der Waals surface area contributed by atoms with E-state index in [1.807, 2.05) is 12.4 Å². The summed E-state index contributed by atoms with van der Waals surface area (Å²) in [7, 11) is 0. The molecule has 106 valence electrons. The minimum absolute atomic E-state index is 0.349. The molecule has 0 radical (unpaired) electrons. The van der Waals surface area contributed by atoms with E-state index in [-0.39, 0.29) is 0 Å². The third kappa shape index (κ3) is 3.26. The Labute approximate surface area is 122 Å². The van der Waals surface area contributed by atoms with Crippen LogP contribution in [0.5, 0.6) is 0 Å². The highest BCUT2D eigenvalue weighted by atomic mass is 14.9. The predicted molar refractivity (Wildman–Crippen MR) is 84.9 cm³/mol. The SMILES string of the molecule is Cc1cc(C)c(C(C)NCc2ccncc2C)cc1C. The predicted octanol–water partition coefficient (Wildman–Crippen LogP) is 4.17. The van der Waals surface area contributed by atoms with Crippen molar-refractivity contribution >= 4 is 0 Å². The van der Waals surface area contributed by atoms with Crippen molar-refractivity contribution in [3.8, 4) is 0 Å². The van der Waals surface area contributed by atoms with Crippen molar-refractivity contribution in [1.29, 1.82) is 0 Å². The number of aromatic nitrogens is 1. The van der Waals surface area contributed by atoms with Crippen LogP contribution in [0.25, 0.3) is 0 Å². The molecule has 2 nitrogen and oxygen atoms in total. The van der Waals surface area contributed by atoms with Crippen LogP contribution in [0.2, 0.25) is 0 Å². The van der Waals surface area contributed by atoms with E-state index < -0.39 is 0 Å². The standard InChI is InChI=1S/C18H24N2/c1-12-8-14(3)18(9-13(12)2)16(5)20-11-17-6-7-19-10-15(17)4/h6-10,16,20H,11H2,1-5H3. The second-order valence-electron chi connectivity index (χ2n) is 5.70. The molecular weight excluding hydrogens is 244 g/mol. The molecule has 1 heterocycles. The van der Waals surface area contributed by atoms with Crippen LogP contribution in [0.15, 0.2) is 30.6 Å². The summed E-state index contributed by atoms with van der Waals surface area (Å²) in [4.78, 5) is 4.14. The van der Waals surface area contributed by atoms with Gasteiger partial charge in [0.1, 0.15) is 0 Å². The van der Waals surface area contributed by atoms with Crippen LogP contribution in [0, 0.1) is 27.7 Å². The molecule has 0 bridgehead atoms. The van der Waals surface area contributed by atoms with Crippen molar-refractivity contribution in [3.63, 3.8) is 0 Å². The molecule has 0 fully saturated rings. The van der Waals surface area contributed by atoms with Gasteiger partial charge in [-0.2, -0.15) is 0 Å². The van der Waals surface area contributed by atoms with Gasteiger partial charge in [-0.3, -0.25) is 4.98 Å². The average Bonchev–Trinajstić information content (AvgIpc) is 2.41. The van der Waals surface area contributed by atoms with Gasteiger partial charge in [0.05, 0.1) is 0 Å². The molecule has 1 unspecified atom stereocenters. The van der Waals surface area contributed by atoms with Crippen molar-refractivity contribution in [2.24, 2.45) is 0 Å². The summed E-state index contributed by atoms with van der Waals surface area (Å²) in [6.45, 7) is 11.8.